The van der Waals surface area contributed by atoms with E-state index in [9.17, 15) is 0 Å². The summed E-state index contributed by atoms with van der Waals surface area (Å²) in [6.07, 6.45) is 9.50. The number of hydrogen-bond acceptors (Lipinski definition) is 1. The number of rotatable bonds is 4. The molecule has 0 atom stereocenters. The number of hydrogen-bond donors (Lipinski definition) is 0. The van der Waals surface area contributed by atoms with Crippen LogP contribution >= 0.6 is 0 Å². The molecule has 1 aliphatic heterocycles. The van der Waals surface area contributed by atoms with Crippen LogP contribution in [-0.2, 0) is 4.74 Å². The Kier molecular flexibility index (Phi) is 4.67. The molecule has 0 bridgehead atoms. The lowest BCUT2D eigenvalue weighted by Gasteiger charge is -2.34. The predicted molar refractivity (Wildman–Crippen MR) is 82.2 cm³/mol. The second kappa shape index (κ2) is 6.09. The Hall–Kier alpha value is -0.820. The lowest BCUT2D eigenvalue weighted by atomic mass is 9.76. The second-order valence-electron chi connectivity index (χ2n) is 6.25. The molecule has 1 aliphatic carbocycles. The van der Waals surface area contributed by atoms with Crippen LogP contribution in [0.15, 0.2) is 34.9 Å². The first kappa shape index (κ1) is 14.6. The average molecular weight is 260 g/mol. The van der Waals surface area contributed by atoms with E-state index < -0.39 is 0 Å². The Morgan fingerprint density at radius 2 is 1.89 bits per heavy atom. The molecule has 1 fully saturated rings. The van der Waals surface area contributed by atoms with Crippen molar-refractivity contribution in [3.8, 4) is 0 Å². The smallest absolute Gasteiger partial charge is 0.0471 e. The molecule has 1 saturated heterocycles. The molecule has 0 unspecified atom stereocenters. The van der Waals surface area contributed by atoms with Crippen LogP contribution in [0.5, 0.6) is 0 Å². The molecule has 2 aliphatic rings. The van der Waals surface area contributed by atoms with Gasteiger partial charge >= 0.3 is 0 Å². The van der Waals surface area contributed by atoms with Gasteiger partial charge in [-0.25, -0.2) is 0 Å². The molecule has 0 aromatic rings. The largest absolute Gasteiger partial charge is 0.381 e. The van der Waals surface area contributed by atoms with Gasteiger partial charge in [0, 0.05) is 13.2 Å². The summed E-state index contributed by atoms with van der Waals surface area (Å²) in [5, 5.41) is 0. The van der Waals surface area contributed by atoms with E-state index in [1.54, 1.807) is 11.1 Å². The van der Waals surface area contributed by atoms with Crippen molar-refractivity contribution in [1.29, 1.82) is 0 Å². The minimum absolute atomic E-state index is 0.476. The van der Waals surface area contributed by atoms with Crippen LogP contribution in [0.4, 0.5) is 0 Å². The fraction of sp³-hybridized carbons (Fsp3) is 0.667. The van der Waals surface area contributed by atoms with Crippen molar-refractivity contribution in [2.24, 2.45) is 5.41 Å². The zero-order valence-electron chi connectivity index (χ0n) is 12.8. The van der Waals surface area contributed by atoms with Gasteiger partial charge < -0.3 is 4.74 Å². The zero-order chi connectivity index (χ0) is 13.9. The van der Waals surface area contributed by atoms with Crippen molar-refractivity contribution in [2.75, 3.05) is 13.2 Å². The standard InChI is InChI=1S/C18H28O/c1-5-7-15(4)17-13-18(8-10-19-11-9-18)12-16(17)14(3)6-2/h6H,4-5,7-13H2,1-3H3/b14-6-. The van der Waals surface area contributed by atoms with E-state index in [1.165, 1.54) is 43.3 Å². The van der Waals surface area contributed by atoms with Crippen LogP contribution in [0, 0.1) is 5.41 Å². The maximum atomic E-state index is 5.57. The van der Waals surface area contributed by atoms with Gasteiger partial charge in [-0.1, -0.05) is 37.1 Å². The third kappa shape index (κ3) is 3.02. The minimum Gasteiger partial charge on any atom is -0.381 e. The maximum absolute atomic E-state index is 5.57. The van der Waals surface area contributed by atoms with E-state index in [0.717, 1.165) is 19.6 Å². The predicted octanol–water partition coefficient (Wildman–Crippen LogP) is 5.20. The van der Waals surface area contributed by atoms with Crippen LogP contribution in [0.1, 0.15) is 59.3 Å². The van der Waals surface area contributed by atoms with Gasteiger partial charge in [0.2, 0.25) is 0 Å². The fourth-order valence-corrected chi connectivity index (χ4v) is 3.53. The molecule has 0 amide bonds. The van der Waals surface area contributed by atoms with Gasteiger partial charge in [0.1, 0.15) is 0 Å². The van der Waals surface area contributed by atoms with Crippen molar-refractivity contribution in [3.05, 3.63) is 34.9 Å². The van der Waals surface area contributed by atoms with E-state index in [1.807, 2.05) is 0 Å². The first-order valence-electron chi connectivity index (χ1n) is 7.73. The fourth-order valence-electron chi connectivity index (χ4n) is 3.53. The summed E-state index contributed by atoms with van der Waals surface area (Å²) in [5.74, 6) is 0. The maximum Gasteiger partial charge on any atom is 0.0471 e. The van der Waals surface area contributed by atoms with Crippen molar-refractivity contribution in [3.63, 3.8) is 0 Å². The number of allylic oxidation sites excluding steroid dienone is 5. The van der Waals surface area contributed by atoms with Crippen LogP contribution in [0.25, 0.3) is 0 Å². The van der Waals surface area contributed by atoms with Crippen LogP contribution in [-0.4, -0.2) is 13.2 Å². The molecule has 2 rings (SSSR count). The van der Waals surface area contributed by atoms with Crippen molar-refractivity contribution in [2.45, 2.75) is 59.3 Å². The van der Waals surface area contributed by atoms with Crippen molar-refractivity contribution < 1.29 is 4.74 Å². The molecule has 1 spiro atoms. The SMILES string of the molecule is C=C(CCC)C1=C(/C(C)=C\C)CC2(CCOCC2)C1. The first-order valence-corrected chi connectivity index (χ1v) is 7.73. The second-order valence-corrected chi connectivity index (χ2v) is 6.25. The summed E-state index contributed by atoms with van der Waals surface area (Å²) in [6, 6.07) is 0. The first-order chi connectivity index (χ1) is 9.12. The third-order valence-corrected chi connectivity index (χ3v) is 4.91. The summed E-state index contributed by atoms with van der Waals surface area (Å²) in [5.41, 5.74) is 6.46. The van der Waals surface area contributed by atoms with Gasteiger partial charge in [-0.15, -0.1) is 0 Å². The Labute approximate surface area is 118 Å². The summed E-state index contributed by atoms with van der Waals surface area (Å²) >= 11 is 0. The minimum atomic E-state index is 0.476. The summed E-state index contributed by atoms with van der Waals surface area (Å²) in [4.78, 5) is 0. The quantitative estimate of drug-likeness (QED) is 0.675. The number of ether oxygens (including phenoxy) is 1. The van der Waals surface area contributed by atoms with E-state index in [4.69, 9.17) is 4.74 Å². The molecule has 106 valence electrons. The monoisotopic (exact) mass is 260 g/mol. The lowest BCUT2D eigenvalue weighted by molar-refractivity contribution is 0.0198. The molecule has 0 aromatic carbocycles. The molecular formula is C18H28O. The molecule has 1 nitrogen and oxygen atoms in total. The lowest BCUT2D eigenvalue weighted by Crippen LogP contribution is -2.27. The molecule has 0 aromatic heterocycles. The molecule has 1 heteroatoms. The highest BCUT2D eigenvalue weighted by Gasteiger charge is 2.40. The third-order valence-electron chi connectivity index (χ3n) is 4.91. The molecular weight excluding hydrogens is 232 g/mol. The Bertz CT molecular complexity index is 405. The van der Waals surface area contributed by atoms with Gasteiger partial charge in [0.25, 0.3) is 0 Å². The topological polar surface area (TPSA) is 9.23 Å². The Morgan fingerprint density at radius 3 is 2.47 bits per heavy atom. The molecule has 1 heterocycles. The van der Waals surface area contributed by atoms with E-state index in [0.29, 0.717) is 5.41 Å². The van der Waals surface area contributed by atoms with E-state index in [-0.39, 0.29) is 0 Å². The van der Waals surface area contributed by atoms with Crippen LogP contribution in [0.3, 0.4) is 0 Å². The highest BCUT2D eigenvalue weighted by molar-refractivity contribution is 5.47. The highest BCUT2D eigenvalue weighted by atomic mass is 16.5. The Balaban J connectivity index is 2.25. The molecule has 19 heavy (non-hydrogen) atoms. The van der Waals surface area contributed by atoms with Crippen LogP contribution in [0.2, 0.25) is 0 Å². The van der Waals surface area contributed by atoms with Crippen molar-refractivity contribution >= 4 is 0 Å². The summed E-state index contributed by atoms with van der Waals surface area (Å²) in [7, 11) is 0. The van der Waals surface area contributed by atoms with Gasteiger partial charge in [0.15, 0.2) is 0 Å². The molecule has 0 radical (unpaired) electrons. The van der Waals surface area contributed by atoms with Gasteiger partial charge in [0.05, 0.1) is 0 Å². The molecule has 0 saturated carbocycles. The van der Waals surface area contributed by atoms with Gasteiger partial charge in [-0.2, -0.15) is 0 Å². The normalized spacial score (nSPS) is 23.2. The summed E-state index contributed by atoms with van der Waals surface area (Å²) in [6.45, 7) is 12.9. The van der Waals surface area contributed by atoms with Crippen LogP contribution < -0.4 is 0 Å². The summed E-state index contributed by atoms with van der Waals surface area (Å²) < 4.78 is 5.57. The average Bonchev–Trinajstić information content (AvgIpc) is 2.78. The highest BCUT2D eigenvalue weighted by Crippen LogP contribution is 2.52. The van der Waals surface area contributed by atoms with E-state index >= 15 is 0 Å². The zero-order valence-corrected chi connectivity index (χ0v) is 12.8. The van der Waals surface area contributed by atoms with Crippen molar-refractivity contribution in [1.82, 2.24) is 0 Å². The van der Waals surface area contributed by atoms with E-state index in [2.05, 4.69) is 33.4 Å². The van der Waals surface area contributed by atoms with Gasteiger partial charge in [-0.3, -0.25) is 0 Å². The Morgan fingerprint density at radius 1 is 1.26 bits per heavy atom. The van der Waals surface area contributed by atoms with Gasteiger partial charge in [-0.05, 0) is 62.5 Å². The molecule has 0 N–H and O–H groups in total.